The zero-order valence-electron chi connectivity index (χ0n) is 35.6. The second kappa shape index (κ2) is 17.3. The summed E-state index contributed by atoms with van der Waals surface area (Å²) in [5.41, 5.74) is 4.77. The number of rotatable bonds is 11. The van der Waals surface area contributed by atoms with E-state index in [-0.39, 0.29) is 41.2 Å². The Hall–Kier alpha value is -5.71. The molecule has 3 fully saturated rings. The average Bonchev–Trinajstić information content (AvgIpc) is 4.07. The molecule has 3 saturated heterocycles. The Bertz CT molecular complexity index is 2340. The minimum Gasteiger partial charge on any atom is -0.465 e. The Morgan fingerprint density at radius 2 is 1.33 bits per heavy atom. The number of hydrogen-bond acceptors (Lipinski definition) is 9. The fraction of sp³-hybridized carbons (Fsp3) is 0.500. The summed E-state index contributed by atoms with van der Waals surface area (Å²) < 4.78 is 29.8. The monoisotopic (exact) mass is 856 g/mol. The molecule has 0 bridgehead atoms. The average molecular weight is 857 g/mol. The molecule has 0 radical (unpaired) electrons. The van der Waals surface area contributed by atoms with Gasteiger partial charge in [0.2, 0.25) is 11.8 Å². The number of H-pyrrole nitrogens is 2. The summed E-state index contributed by atoms with van der Waals surface area (Å²) in [5.74, 6) is 0.357. The Morgan fingerprint density at radius 1 is 0.803 bits per heavy atom. The van der Waals surface area contributed by atoms with E-state index in [0.717, 1.165) is 51.4 Å². The Kier molecular flexibility index (Phi) is 12.3. The van der Waals surface area contributed by atoms with Gasteiger partial charge in [0.15, 0.2) is 0 Å². The first-order valence-corrected chi connectivity index (χ1v) is 22.8. The molecule has 17 heteroatoms. The van der Waals surface area contributed by atoms with Gasteiger partial charge in [-0.1, -0.05) is 76.2 Å². The number of carbonyl (C=O) groups excluding carboxylic acids is 3. The summed E-state index contributed by atoms with van der Waals surface area (Å²) in [4.78, 5) is 73.0. The van der Waals surface area contributed by atoms with Crippen molar-refractivity contribution in [1.29, 1.82) is 0 Å². The summed E-state index contributed by atoms with van der Waals surface area (Å²) >= 11 is 0. The third kappa shape index (κ3) is 8.74. The molecule has 61 heavy (non-hydrogen) atoms. The van der Waals surface area contributed by atoms with Gasteiger partial charge in [-0.3, -0.25) is 14.5 Å². The van der Waals surface area contributed by atoms with Crippen LogP contribution in [0.25, 0.3) is 33.6 Å². The van der Waals surface area contributed by atoms with E-state index < -0.39 is 45.7 Å². The molecular weight excluding hydrogens is 801 g/mol. The highest BCUT2D eigenvalue weighted by atomic mass is 32.2. The third-order valence-corrected chi connectivity index (χ3v) is 14.4. The normalized spacial score (nSPS) is 20.5. The van der Waals surface area contributed by atoms with E-state index in [2.05, 4.69) is 20.3 Å². The molecule has 7 rings (SSSR count). The van der Waals surface area contributed by atoms with Gasteiger partial charge >= 0.3 is 12.2 Å². The molecule has 326 valence electrons. The summed E-state index contributed by atoms with van der Waals surface area (Å²) in [6.45, 7) is 7.95. The highest BCUT2D eigenvalue weighted by molar-refractivity contribution is 7.91. The molecule has 5 heterocycles. The van der Waals surface area contributed by atoms with Gasteiger partial charge in [0.1, 0.15) is 33.6 Å². The maximum atomic E-state index is 14.4. The maximum absolute atomic E-state index is 14.4. The first-order valence-electron chi connectivity index (χ1n) is 21.0. The van der Waals surface area contributed by atoms with Gasteiger partial charge in [-0.15, -0.1) is 0 Å². The van der Waals surface area contributed by atoms with Crippen molar-refractivity contribution in [2.45, 2.75) is 95.9 Å². The van der Waals surface area contributed by atoms with E-state index in [1.54, 1.807) is 22.2 Å². The van der Waals surface area contributed by atoms with Crippen molar-refractivity contribution in [3.05, 3.63) is 72.6 Å². The molecule has 3 aliphatic rings. The number of nitrogens with one attached hydrogen (secondary N) is 3. The highest BCUT2D eigenvalue weighted by Crippen LogP contribution is 2.48. The molecule has 1 spiro atoms. The lowest BCUT2D eigenvalue weighted by Gasteiger charge is -2.45. The van der Waals surface area contributed by atoms with Crippen molar-refractivity contribution in [3.8, 4) is 33.6 Å². The first-order chi connectivity index (χ1) is 29.0. The van der Waals surface area contributed by atoms with Gasteiger partial charge in [0, 0.05) is 19.1 Å². The van der Waals surface area contributed by atoms with E-state index in [1.807, 2.05) is 76.2 Å². The molecule has 4 atom stereocenters. The predicted octanol–water partition coefficient (Wildman–Crippen LogP) is 6.42. The van der Waals surface area contributed by atoms with Crippen molar-refractivity contribution in [1.82, 2.24) is 40.0 Å². The summed E-state index contributed by atoms with van der Waals surface area (Å²) in [6.07, 6.45) is 5.09. The molecule has 0 saturated carbocycles. The number of likely N-dealkylation sites (N-methyl/N-ethyl adjacent to an activating group) is 1. The summed E-state index contributed by atoms with van der Waals surface area (Å²) in [5, 5.41) is 12.3. The van der Waals surface area contributed by atoms with E-state index >= 15 is 0 Å². The maximum Gasteiger partial charge on any atom is 0.407 e. The van der Waals surface area contributed by atoms with Crippen LogP contribution in [-0.2, 0) is 24.2 Å². The van der Waals surface area contributed by atoms with E-state index in [9.17, 15) is 32.7 Å². The van der Waals surface area contributed by atoms with Gasteiger partial charge < -0.3 is 34.9 Å². The molecule has 4 amide bonds. The standard InChI is InChI=1S/C44H56N8O8S/c1-26(2)36(49-42(55)60-6)40(53)52-35(17-18-44(52)19-22-61(58,59)23-20-44)39-46-25-33(48-39)31-15-11-29(12-16-31)28-9-13-30(14-10-28)32-24-45-38(47-32)34-8-7-21-51(34)41(54)37(27(3)4)50(5)43(56)57/h9-16,24-27,34-37H,7-8,17-23H2,1-6H3,(H,45,47)(H,46,48)(H,49,55)(H,56,57)/t34-,35?,36-,37-/m0/s1. The van der Waals surface area contributed by atoms with E-state index in [0.29, 0.717) is 43.9 Å². The number of amides is 4. The van der Waals surface area contributed by atoms with Crippen LogP contribution in [-0.4, -0.2) is 122 Å². The van der Waals surface area contributed by atoms with Crippen LogP contribution in [0.5, 0.6) is 0 Å². The number of hydrogen-bond donors (Lipinski definition) is 4. The zero-order chi connectivity index (χ0) is 43.8. The lowest BCUT2D eigenvalue weighted by Crippen LogP contribution is -2.59. The van der Waals surface area contributed by atoms with Crippen molar-refractivity contribution in [2.24, 2.45) is 11.8 Å². The third-order valence-electron chi connectivity index (χ3n) is 12.8. The number of carboxylic acid groups (broad SMARTS) is 1. The van der Waals surface area contributed by atoms with Gasteiger partial charge in [-0.25, -0.2) is 28.0 Å². The second-order valence-electron chi connectivity index (χ2n) is 17.3. The van der Waals surface area contributed by atoms with Crippen molar-refractivity contribution < 1.29 is 37.4 Å². The van der Waals surface area contributed by atoms with Crippen molar-refractivity contribution in [2.75, 3.05) is 32.2 Å². The highest BCUT2D eigenvalue weighted by Gasteiger charge is 2.54. The Balaban J connectivity index is 1.05. The number of likely N-dealkylation sites (tertiary alicyclic amines) is 2. The minimum absolute atomic E-state index is 0.00143. The number of nitrogens with zero attached hydrogens (tertiary/aromatic N) is 5. The fourth-order valence-electron chi connectivity index (χ4n) is 9.38. The van der Waals surface area contributed by atoms with Gasteiger partial charge in [0.25, 0.3) is 0 Å². The second-order valence-corrected chi connectivity index (χ2v) is 19.6. The fourth-order valence-corrected chi connectivity index (χ4v) is 11.0. The Morgan fingerprint density at radius 3 is 1.82 bits per heavy atom. The van der Waals surface area contributed by atoms with Gasteiger partial charge in [-0.2, -0.15) is 0 Å². The number of imidazole rings is 2. The quantitative estimate of drug-likeness (QED) is 0.130. The smallest absolute Gasteiger partial charge is 0.407 e. The Labute approximate surface area is 356 Å². The van der Waals surface area contributed by atoms with Crippen LogP contribution in [0.3, 0.4) is 0 Å². The molecule has 4 N–H and O–H groups in total. The zero-order valence-corrected chi connectivity index (χ0v) is 36.4. The lowest BCUT2D eigenvalue weighted by atomic mass is 9.88. The number of sulfone groups is 1. The summed E-state index contributed by atoms with van der Waals surface area (Å²) in [7, 11) is -0.512. The van der Waals surface area contributed by atoms with Crippen LogP contribution in [0.4, 0.5) is 9.59 Å². The first kappa shape index (κ1) is 43.4. The molecule has 16 nitrogen and oxygen atoms in total. The molecule has 2 aromatic heterocycles. The number of methoxy groups -OCH3 is 1. The van der Waals surface area contributed by atoms with Crippen LogP contribution in [0, 0.1) is 11.8 Å². The van der Waals surface area contributed by atoms with E-state index in [1.165, 1.54) is 14.2 Å². The number of aromatic nitrogens is 4. The van der Waals surface area contributed by atoms with Crippen LogP contribution in [0.2, 0.25) is 0 Å². The molecule has 4 aromatic rings. The largest absolute Gasteiger partial charge is 0.465 e. The van der Waals surface area contributed by atoms with Gasteiger partial charge in [-0.05, 0) is 72.6 Å². The SMILES string of the molecule is COC(=O)N[C@H](C(=O)N1C(c2ncc(-c3ccc(-c4ccc(-c5cnc([C@@H]6CCCN6C(=O)[C@H](C(C)C)N(C)C(=O)O)[nH]5)cc4)cc3)[nH]2)CCC12CCS(=O)(=O)CC2)C(C)C. The number of ether oxygens (including phenoxy) is 1. The minimum atomic E-state index is -3.20. The van der Waals surface area contributed by atoms with Crippen molar-refractivity contribution >= 4 is 33.8 Å². The van der Waals surface area contributed by atoms with E-state index in [4.69, 9.17) is 9.72 Å². The van der Waals surface area contributed by atoms with Crippen LogP contribution >= 0.6 is 0 Å². The summed E-state index contributed by atoms with van der Waals surface area (Å²) in [6, 6.07) is 13.8. The number of alkyl carbamates (subject to hydrolysis) is 1. The van der Waals surface area contributed by atoms with Crippen LogP contribution < -0.4 is 5.32 Å². The predicted molar refractivity (Wildman–Crippen MR) is 229 cm³/mol. The molecule has 3 aliphatic heterocycles. The van der Waals surface area contributed by atoms with Gasteiger partial charge in [0.05, 0.1) is 54.5 Å². The number of carbonyl (C=O) groups is 4. The molecular formula is C44H56N8O8S. The molecule has 1 unspecified atom stereocenters. The molecule has 0 aliphatic carbocycles. The topological polar surface area (TPSA) is 211 Å². The van der Waals surface area contributed by atoms with Crippen LogP contribution in [0.15, 0.2) is 60.9 Å². The lowest BCUT2D eigenvalue weighted by molar-refractivity contribution is -0.142. The number of aromatic amines is 2. The van der Waals surface area contributed by atoms with Crippen LogP contribution in [0.1, 0.15) is 90.0 Å². The number of benzene rings is 2. The van der Waals surface area contributed by atoms with Crippen molar-refractivity contribution in [3.63, 3.8) is 0 Å². The molecule has 2 aromatic carbocycles.